The van der Waals surface area contributed by atoms with Gasteiger partial charge in [0.25, 0.3) is 0 Å². The van der Waals surface area contributed by atoms with Crippen molar-refractivity contribution in [1.29, 1.82) is 0 Å². The van der Waals surface area contributed by atoms with E-state index >= 15 is 0 Å². The molecule has 0 saturated heterocycles. The Morgan fingerprint density at radius 3 is 2.31 bits per heavy atom. The quantitative estimate of drug-likeness (QED) is 0.748. The highest BCUT2D eigenvalue weighted by molar-refractivity contribution is 5.56. The van der Waals surface area contributed by atoms with Gasteiger partial charge in [-0.05, 0) is 18.2 Å². The molecule has 2 aromatic heterocycles. The number of pyridine rings is 1. The minimum absolute atomic E-state index is 0.524. The van der Waals surface area contributed by atoms with Gasteiger partial charge in [-0.2, -0.15) is 13.2 Å². The van der Waals surface area contributed by atoms with Gasteiger partial charge in [0.15, 0.2) is 0 Å². The number of hydrogen-bond donors (Lipinski definition) is 0. The molecule has 6 heteroatoms. The Hall–Kier alpha value is -1.98. The van der Waals surface area contributed by atoms with Crippen LogP contribution in [0.25, 0.3) is 11.3 Å². The molecule has 16 heavy (non-hydrogen) atoms. The van der Waals surface area contributed by atoms with Gasteiger partial charge in [-0.15, -0.1) is 0 Å². The number of aromatic nitrogens is 3. The summed E-state index contributed by atoms with van der Waals surface area (Å²) in [5.74, 6) is 0. The summed E-state index contributed by atoms with van der Waals surface area (Å²) in [6.07, 6.45) is -0.428. The molecule has 0 aliphatic rings. The maximum absolute atomic E-state index is 12.2. The topological polar surface area (TPSA) is 38.7 Å². The van der Waals surface area contributed by atoms with Crippen LogP contribution in [-0.4, -0.2) is 15.0 Å². The van der Waals surface area contributed by atoms with Gasteiger partial charge in [0, 0.05) is 18.0 Å². The summed E-state index contributed by atoms with van der Waals surface area (Å²) in [4.78, 5) is 11.0. The number of hydrogen-bond acceptors (Lipinski definition) is 3. The van der Waals surface area contributed by atoms with Crippen LogP contribution >= 0.6 is 0 Å². The summed E-state index contributed by atoms with van der Waals surface area (Å²) in [6.45, 7) is 0. The van der Waals surface area contributed by atoms with Gasteiger partial charge in [0.2, 0.25) is 0 Å². The van der Waals surface area contributed by atoms with Crippen molar-refractivity contribution in [2.45, 2.75) is 6.18 Å². The lowest BCUT2D eigenvalue weighted by Crippen LogP contribution is -2.07. The molecule has 3 nitrogen and oxygen atoms in total. The standard InChI is InChI=1S/C10H6F3N3/c11-10(12,13)9-2-1-7(5-15-9)8-3-4-14-6-16-8/h1-6H. The molecule has 0 saturated carbocycles. The molecule has 0 amide bonds. The Morgan fingerprint density at radius 1 is 1.00 bits per heavy atom. The van der Waals surface area contributed by atoms with E-state index in [2.05, 4.69) is 15.0 Å². The lowest BCUT2D eigenvalue weighted by molar-refractivity contribution is -0.141. The summed E-state index contributed by atoms with van der Waals surface area (Å²) in [7, 11) is 0. The molecule has 0 aliphatic carbocycles. The highest BCUT2D eigenvalue weighted by atomic mass is 19.4. The van der Waals surface area contributed by atoms with Crippen LogP contribution in [0.2, 0.25) is 0 Å². The van der Waals surface area contributed by atoms with E-state index in [1.54, 1.807) is 6.07 Å². The molecule has 0 N–H and O–H groups in total. The number of alkyl halides is 3. The molecule has 0 aliphatic heterocycles. The van der Waals surface area contributed by atoms with Crippen LogP contribution in [-0.2, 0) is 6.18 Å². The van der Waals surface area contributed by atoms with E-state index in [-0.39, 0.29) is 0 Å². The highest BCUT2D eigenvalue weighted by Crippen LogP contribution is 2.28. The summed E-state index contributed by atoms with van der Waals surface area (Å²) in [5, 5.41) is 0. The molecule has 0 fully saturated rings. The first-order chi connectivity index (χ1) is 7.57. The summed E-state index contributed by atoms with van der Waals surface area (Å²) >= 11 is 0. The fourth-order valence-electron chi connectivity index (χ4n) is 1.17. The minimum Gasteiger partial charge on any atom is -0.251 e. The predicted molar refractivity (Wildman–Crippen MR) is 50.3 cm³/mol. The first kappa shape index (κ1) is 10.5. The Bertz CT molecular complexity index is 465. The van der Waals surface area contributed by atoms with Gasteiger partial charge in [-0.1, -0.05) is 0 Å². The Labute approximate surface area is 89.0 Å². The van der Waals surface area contributed by atoms with Crippen molar-refractivity contribution in [1.82, 2.24) is 15.0 Å². The number of nitrogens with zero attached hydrogens (tertiary/aromatic N) is 3. The van der Waals surface area contributed by atoms with E-state index in [4.69, 9.17) is 0 Å². The number of halogens is 3. The normalized spacial score (nSPS) is 11.4. The summed E-state index contributed by atoms with van der Waals surface area (Å²) < 4.78 is 36.7. The predicted octanol–water partition coefficient (Wildman–Crippen LogP) is 2.56. The molecule has 2 rings (SSSR count). The monoisotopic (exact) mass is 225 g/mol. The molecule has 0 spiro atoms. The maximum atomic E-state index is 12.2. The van der Waals surface area contributed by atoms with Crippen LogP contribution in [0.15, 0.2) is 36.9 Å². The molecular formula is C10H6F3N3. The Morgan fingerprint density at radius 2 is 1.81 bits per heavy atom. The van der Waals surface area contributed by atoms with Crippen LogP contribution in [0.5, 0.6) is 0 Å². The molecule has 0 radical (unpaired) electrons. The molecule has 2 aromatic rings. The van der Waals surface area contributed by atoms with Crippen molar-refractivity contribution in [2.24, 2.45) is 0 Å². The molecule has 82 valence electrons. The summed E-state index contributed by atoms with van der Waals surface area (Å²) in [6, 6.07) is 3.86. The second-order valence-corrected chi connectivity index (χ2v) is 3.02. The molecule has 0 unspecified atom stereocenters. The second-order valence-electron chi connectivity index (χ2n) is 3.02. The molecular weight excluding hydrogens is 219 g/mol. The Balaban J connectivity index is 2.34. The second kappa shape index (κ2) is 3.88. The van der Waals surface area contributed by atoms with Crippen molar-refractivity contribution < 1.29 is 13.2 Å². The minimum atomic E-state index is -4.41. The van der Waals surface area contributed by atoms with Crippen molar-refractivity contribution in [2.75, 3.05) is 0 Å². The fraction of sp³-hybridized carbons (Fsp3) is 0.100. The molecule has 2 heterocycles. The number of rotatable bonds is 1. The van der Waals surface area contributed by atoms with Crippen molar-refractivity contribution in [3.05, 3.63) is 42.6 Å². The zero-order chi connectivity index (χ0) is 11.6. The average Bonchev–Trinajstić information content (AvgIpc) is 2.29. The van der Waals surface area contributed by atoms with Gasteiger partial charge in [-0.25, -0.2) is 9.97 Å². The zero-order valence-corrected chi connectivity index (χ0v) is 7.94. The van der Waals surface area contributed by atoms with Crippen LogP contribution in [0.1, 0.15) is 5.69 Å². The van der Waals surface area contributed by atoms with Crippen molar-refractivity contribution >= 4 is 0 Å². The lowest BCUT2D eigenvalue weighted by atomic mass is 10.2. The third kappa shape index (κ3) is 2.16. The average molecular weight is 225 g/mol. The summed E-state index contributed by atoms with van der Waals surface area (Å²) in [5.41, 5.74) is 0.150. The third-order valence-corrected chi connectivity index (χ3v) is 1.93. The van der Waals surface area contributed by atoms with E-state index in [0.29, 0.717) is 11.3 Å². The van der Waals surface area contributed by atoms with Crippen LogP contribution < -0.4 is 0 Å². The smallest absolute Gasteiger partial charge is 0.251 e. The zero-order valence-electron chi connectivity index (χ0n) is 7.94. The van der Waals surface area contributed by atoms with Crippen molar-refractivity contribution in [3.8, 4) is 11.3 Å². The fourth-order valence-corrected chi connectivity index (χ4v) is 1.17. The van der Waals surface area contributed by atoms with Crippen LogP contribution in [0.4, 0.5) is 13.2 Å². The van der Waals surface area contributed by atoms with E-state index in [1.807, 2.05) is 0 Å². The van der Waals surface area contributed by atoms with E-state index in [9.17, 15) is 13.2 Å². The van der Waals surface area contributed by atoms with Gasteiger partial charge in [-0.3, -0.25) is 4.98 Å². The van der Waals surface area contributed by atoms with Gasteiger partial charge in [0.1, 0.15) is 12.0 Å². The first-order valence-electron chi connectivity index (χ1n) is 4.37. The molecule has 0 bridgehead atoms. The van der Waals surface area contributed by atoms with Gasteiger partial charge >= 0.3 is 6.18 Å². The molecule has 0 atom stereocenters. The van der Waals surface area contributed by atoms with Crippen LogP contribution in [0.3, 0.4) is 0 Å². The third-order valence-electron chi connectivity index (χ3n) is 1.93. The lowest BCUT2D eigenvalue weighted by Gasteiger charge is -2.05. The SMILES string of the molecule is FC(F)(F)c1ccc(-c2ccncn2)cn1. The molecule has 0 aromatic carbocycles. The van der Waals surface area contributed by atoms with E-state index in [1.165, 1.54) is 18.6 Å². The highest BCUT2D eigenvalue weighted by Gasteiger charge is 2.32. The largest absolute Gasteiger partial charge is 0.433 e. The Kier molecular flexibility index (Phi) is 2.55. The van der Waals surface area contributed by atoms with Crippen molar-refractivity contribution in [3.63, 3.8) is 0 Å². The first-order valence-corrected chi connectivity index (χ1v) is 4.37. The van der Waals surface area contributed by atoms with Gasteiger partial charge < -0.3 is 0 Å². The maximum Gasteiger partial charge on any atom is 0.433 e. The van der Waals surface area contributed by atoms with Gasteiger partial charge in [0.05, 0.1) is 5.69 Å². The van der Waals surface area contributed by atoms with Crippen LogP contribution in [0, 0.1) is 0 Å². The van der Waals surface area contributed by atoms with E-state index in [0.717, 1.165) is 12.3 Å². The van der Waals surface area contributed by atoms with E-state index < -0.39 is 11.9 Å².